The molecule has 126 valence electrons. The third-order valence-electron chi connectivity index (χ3n) is 4.03. The number of hydrogen-bond acceptors (Lipinski definition) is 1. The molecule has 0 amide bonds. The minimum absolute atomic E-state index is 0.326. The molecule has 0 fully saturated rings. The van der Waals surface area contributed by atoms with Crippen molar-refractivity contribution >= 4 is 17.6 Å². The Morgan fingerprint density at radius 2 is 1.24 bits per heavy atom. The maximum Gasteiger partial charge on any atom is 0.303 e. The van der Waals surface area contributed by atoms with Gasteiger partial charge in [-0.2, -0.15) is 0 Å². The van der Waals surface area contributed by atoms with Gasteiger partial charge in [-0.3, -0.25) is 4.79 Å². The Balaban J connectivity index is 3.14. The summed E-state index contributed by atoms with van der Waals surface area (Å²) in [5.41, 5.74) is 0. The summed E-state index contributed by atoms with van der Waals surface area (Å²) in [7, 11) is 0. The van der Waals surface area contributed by atoms with Crippen molar-refractivity contribution in [3.63, 3.8) is 0 Å². The molecule has 0 bridgehead atoms. The molecule has 0 aliphatic heterocycles. The molecule has 0 aromatic rings. The van der Waals surface area contributed by atoms with Crippen molar-refractivity contribution in [2.75, 3.05) is 0 Å². The first-order valence-electron chi connectivity index (χ1n) is 9.02. The molecule has 2 nitrogen and oxygen atoms in total. The summed E-state index contributed by atoms with van der Waals surface area (Å²) in [6.45, 7) is 2.25. The molecular formula is C18H35ClO2. The summed E-state index contributed by atoms with van der Waals surface area (Å²) in [6.07, 6.45) is 17.4. The molecule has 1 atom stereocenters. The van der Waals surface area contributed by atoms with Crippen LogP contribution >= 0.6 is 11.6 Å². The van der Waals surface area contributed by atoms with Crippen LogP contribution < -0.4 is 0 Å². The molecule has 0 rings (SSSR count). The smallest absolute Gasteiger partial charge is 0.303 e. The number of carbonyl (C=O) groups is 1. The van der Waals surface area contributed by atoms with Crippen molar-refractivity contribution < 1.29 is 9.90 Å². The average Bonchev–Trinajstić information content (AvgIpc) is 2.45. The second kappa shape index (κ2) is 16.1. The second-order valence-electron chi connectivity index (χ2n) is 6.21. The lowest BCUT2D eigenvalue weighted by Gasteiger charge is -2.09. The second-order valence-corrected chi connectivity index (χ2v) is 6.82. The van der Waals surface area contributed by atoms with Crippen LogP contribution in [0, 0.1) is 0 Å². The number of carboxylic acid groups (broad SMARTS) is 1. The lowest BCUT2D eigenvalue weighted by Crippen LogP contribution is -1.98. The van der Waals surface area contributed by atoms with Crippen LogP contribution in [0.5, 0.6) is 0 Å². The Morgan fingerprint density at radius 1 is 0.810 bits per heavy atom. The highest BCUT2D eigenvalue weighted by Gasteiger charge is 2.04. The molecule has 0 aromatic heterocycles. The first kappa shape index (κ1) is 20.8. The highest BCUT2D eigenvalue weighted by Crippen LogP contribution is 2.18. The van der Waals surface area contributed by atoms with Gasteiger partial charge in [0, 0.05) is 11.8 Å². The molecule has 0 saturated carbocycles. The number of aliphatic carboxylic acids is 1. The Morgan fingerprint density at radius 3 is 1.71 bits per heavy atom. The van der Waals surface area contributed by atoms with E-state index in [4.69, 9.17) is 16.7 Å². The number of rotatable bonds is 16. The maximum absolute atomic E-state index is 10.4. The van der Waals surface area contributed by atoms with Crippen LogP contribution in [0.15, 0.2) is 0 Å². The summed E-state index contributed by atoms with van der Waals surface area (Å²) in [4.78, 5) is 10.4. The predicted octanol–water partition coefficient (Wildman–Crippen LogP) is 6.55. The van der Waals surface area contributed by atoms with E-state index in [0.717, 1.165) is 19.3 Å². The summed E-state index contributed by atoms with van der Waals surface area (Å²) in [5.74, 6) is -0.669. The molecule has 21 heavy (non-hydrogen) atoms. The first-order valence-corrected chi connectivity index (χ1v) is 9.46. The van der Waals surface area contributed by atoms with Gasteiger partial charge in [0.1, 0.15) is 0 Å². The van der Waals surface area contributed by atoms with Gasteiger partial charge >= 0.3 is 5.97 Å². The molecule has 1 unspecified atom stereocenters. The van der Waals surface area contributed by atoms with Gasteiger partial charge in [-0.05, 0) is 19.3 Å². The molecule has 0 radical (unpaired) electrons. The van der Waals surface area contributed by atoms with E-state index in [0.29, 0.717) is 11.8 Å². The fraction of sp³-hybridized carbons (Fsp3) is 0.944. The largest absolute Gasteiger partial charge is 0.481 e. The standard InChI is InChI=1S/C18H35ClO2/c1-2-3-4-8-11-14-17(19)15-12-9-6-5-7-10-13-16-18(20)21/h17H,2-16H2,1H3,(H,20,21). The van der Waals surface area contributed by atoms with Gasteiger partial charge in [0.15, 0.2) is 0 Å². The number of carboxylic acids is 1. The fourth-order valence-corrected chi connectivity index (χ4v) is 2.95. The van der Waals surface area contributed by atoms with E-state index in [9.17, 15) is 4.79 Å². The van der Waals surface area contributed by atoms with Gasteiger partial charge in [-0.1, -0.05) is 77.6 Å². The van der Waals surface area contributed by atoms with Gasteiger partial charge in [-0.25, -0.2) is 0 Å². The van der Waals surface area contributed by atoms with Crippen molar-refractivity contribution in [2.24, 2.45) is 0 Å². The molecular weight excluding hydrogens is 284 g/mol. The minimum Gasteiger partial charge on any atom is -0.481 e. The Hall–Kier alpha value is -0.240. The minimum atomic E-state index is -0.669. The predicted molar refractivity (Wildman–Crippen MR) is 92.2 cm³/mol. The van der Waals surface area contributed by atoms with E-state index < -0.39 is 5.97 Å². The Bertz CT molecular complexity index is 231. The topological polar surface area (TPSA) is 37.3 Å². The molecule has 0 saturated heterocycles. The van der Waals surface area contributed by atoms with Crippen LogP contribution in [0.1, 0.15) is 103 Å². The normalized spacial score (nSPS) is 12.5. The molecule has 3 heteroatoms. The Kier molecular flexibility index (Phi) is 16.0. The number of unbranched alkanes of at least 4 members (excludes halogenated alkanes) is 10. The maximum atomic E-state index is 10.4. The van der Waals surface area contributed by atoms with E-state index >= 15 is 0 Å². The summed E-state index contributed by atoms with van der Waals surface area (Å²) in [5, 5.41) is 8.91. The van der Waals surface area contributed by atoms with Gasteiger partial charge in [0.05, 0.1) is 0 Å². The number of halogens is 1. The van der Waals surface area contributed by atoms with Gasteiger partial charge in [0.2, 0.25) is 0 Å². The van der Waals surface area contributed by atoms with E-state index in [1.165, 1.54) is 70.6 Å². The lowest BCUT2D eigenvalue weighted by molar-refractivity contribution is -0.137. The van der Waals surface area contributed by atoms with E-state index in [2.05, 4.69) is 6.92 Å². The van der Waals surface area contributed by atoms with E-state index in [1.807, 2.05) is 0 Å². The van der Waals surface area contributed by atoms with Crippen molar-refractivity contribution in [2.45, 2.75) is 109 Å². The van der Waals surface area contributed by atoms with Crippen molar-refractivity contribution in [1.82, 2.24) is 0 Å². The quantitative estimate of drug-likeness (QED) is 0.259. The number of alkyl halides is 1. The van der Waals surface area contributed by atoms with Crippen LogP contribution in [0.25, 0.3) is 0 Å². The molecule has 0 aromatic carbocycles. The summed E-state index contributed by atoms with van der Waals surface area (Å²) in [6, 6.07) is 0. The van der Waals surface area contributed by atoms with Crippen LogP contribution in [0.2, 0.25) is 0 Å². The van der Waals surface area contributed by atoms with Gasteiger partial charge in [-0.15, -0.1) is 11.6 Å². The third kappa shape index (κ3) is 17.7. The highest BCUT2D eigenvalue weighted by molar-refractivity contribution is 6.20. The van der Waals surface area contributed by atoms with Crippen molar-refractivity contribution in [3.8, 4) is 0 Å². The monoisotopic (exact) mass is 318 g/mol. The zero-order chi connectivity index (χ0) is 15.8. The third-order valence-corrected chi connectivity index (χ3v) is 4.47. The number of hydrogen-bond donors (Lipinski definition) is 1. The SMILES string of the molecule is CCCCCCCC(Cl)CCCCCCCCCC(=O)O. The van der Waals surface area contributed by atoms with Crippen LogP contribution in [0.4, 0.5) is 0 Å². The van der Waals surface area contributed by atoms with Crippen molar-refractivity contribution in [1.29, 1.82) is 0 Å². The van der Waals surface area contributed by atoms with E-state index in [-0.39, 0.29) is 0 Å². The Labute approximate surface area is 136 Å². The van der Waals surface area contributed by atoms with Crippen LogP contribution in [-0.2, 0) is 4.79 Å². The fourth-order valence-electron chi connectivity index (χ4n) is 2.64. The van der Waals surface area contributed by atoms with Crippen LogP contribution in [0.3, 0.4) is 0 Å². The average molecular weight is 319 g/mol. The summed E-state index contributed by atoms with van der Waals surface area (Å²) < 4.78 is 0. The van der Waals surface area contributed by atoms with Gasteiger partial charge in [0.25, 0.3) is 0 Å². The zero-order valence-electron chi connectivity index (χ0n) is 13.9. The molecule has 0 heterocycles. The van der Waals surface area contributed by atoms with Gasteiger partial charge < -0.3 is 5.11 Å². The van der Waals surface area contributed by atoms with Crippen molar-refractivity contribution in [3.05, 3.63) is 0 Å². The molecule has 1 N–H and O–H groups in total. The first-order chi connectivity index (χ1) is 10.2. The van der Waals surface area contributed by atoms with E-state index in [1.54, 1.807) is 0 Å². The lowest BCUT2D eigenvalue weighted by atomic mass is 10.0. The molecule has 0 aliphatic carbocycles. The van der Waals surface area contributed by atoms with Crippen LogP contribution in [-0.4, -0.2) is 16.5 Å². The highest BCUT2D eigenvalue weighted by atomic mass is 35.5. The molecule has 0 spiro atoms. The summed E-state index contributed by atoms with van der Waals surface area (Å²) >= 11 is 6.35. The zero-order valence-corrected chi connectivity index (χ0v) is 14.7. The molecule has 0 aliphatic rings.